The summed E-state index contributed by atoms with van der Waals surface area (Å²) in [5, 5.41) is 16.4. The van der Waals surface area contributed by atoms with Crippen molar-refractivity contribution in [3.05, 3.63) is 35.9 Å². The second-order valence-corrected chi connectivity index (χ2v) is 3.84. The van der Waals surface area contributed by atoms with Crippen molar-refractivity contribution in [3.63, 3.8) is 0 Å². The van der Waals surface area contributed by atoms with Gasteiger partial charge in [0.1, 0.15) is 24.0 Å². The molecule has 0 atom stereocenters. The Morgan fingerprint density at radius 2 is 2.32 bits per heavy atom. The minimum Gasteiger partial charge on any atom is -0.495 e. The number of ether oxygens (including phenoxy) is 1. The number of anilines is 1. The molecule has 1 N–H and O–H groups in total. The van der Waals surface area contributed by atoms with Crippen molar-refractivity contribution in [1.82, 2.24) is 14.8 Å². The van der Waals surface area contributed by atoms with Crippen LogP contribution in [0.3, 0.4) is 0 Å². The topological polar surface area (TPSA) is 75.8 Å². The first kappa shape index (κ1) is 12.9. The highest BCUT2D eigenvalue weighted by molar-refractivity contribution is 5.66. The van der Waals surface area contributed by atoms with Gasteiger partial charge >= 0.3 is 0 Å². The quantitative estimate of drug-likeness (QED) is 0.883. The first-order valence-electron chi connectivity index (χ1n) is 5.97. The maximum absolute atomic E-state index is 9.12. The molecule has 0 aliphatic rings. The predicted octanol–water partition coefficient (Wildman–Crippen LogP) is 1.79. The lowest BCUT2D eigenvalue weighted by atomic mass is 10.2. The summed E-state index contributed by atoms with van der Waals surface area (Å²) in [4.78, 5) is 4.18. The van der Waals surface area contributed by atoms with E-state index in [2.05, 4.69) is 21.5 Å². The number of hydrogen-bond acceptors (Lipinski definition) is 5. The van der Waals surface area contributed by atoms with Gasteiger partial charge in [0, 0.05) is 6.54 Å². The van der Waals surface area contributed by atoms with Gasteiger partial charge < -0.3 is 10.1 Å². The van der Waals surface area contributed by atoms with E-state index in [1.807, 2.05) is 13.0 Å². The van der Waals surface area contributed by atoms with Crippen LogP contribution in [0.5, 0.6) is 5.75 Å². The van der Waals surface area contributed by atoms with Gasteiger partial charge in [0.05, 0.1) is 24.9 Å². The fourth-order valence-corrected chi connectivity index (χ4v) is 1.83. The summed E-state index contributed by atoms with van der Waals surface area (Å²) in [7, 11) is 1.58. The minimum absolute atomic E-state index is 0.489. The van der Waals surface area contributed by atoms with Crippen LogP contribution >= 0.6 is 0 Å². The molecule has 2 rings (SSSR count). The number of aryl methyl sites for hydroxylation is 1. The van der Waals surface area contributed by atoms with Gasteiger partial charge in [-0.3, -0.25) is 0 Å². The number of nitrogens with one attached hydrogen (secondary N) is 1. The number of benzene rings is 1. The molecule has 6 nitrogen and oxygen atoms in total. The molecule has 0 saturated carbocycles. The SMILES string of the molecule is CCn1ncnc1CNc1c(C#N)cccc1OC. The lowest BCUT2D eigenvalue weighted by Gasteiger charge is -2.12. The zero-order valence-corrected chi connectivity index (χ0v) is 10.9. The van der Waals surface area contributed by atoms with Crippen LogP contribution in [0.4, 0.5) is 5.69 Å². The number of aromatic nitrogens is 3. The highest BCUT2D eigenvalue weighted by Crippen LogP contribution is 2.28. The van der Waals surface area contributed by atoms with E-state index in [0.717, 1.165) is 12.4 Å². The summed E-state index contributed by atoms with van der Waals surface area (Å²) in [6.07, 6.45) is 1.52. The van der Waals surface area contributed by atoms with Gasteiger partial charge in [0.25, 0.3) is 0 Å². The number of hydrogen-bond donors (Lipinski definition) is 1. The van der Waals surface area contributed by atoms with Crippen molar-refractivity contribution < 1.29 is 4.74 Å². The number of rotatable bonds is 5. The lowest BCUT2D eigenvalue weighted by molar-refractivity contribution is 0.416. The zero-order chi connectivity index (χ0) is 13.7. The summed E-state index contributed by atoms with van der Waals surface area (Å²) in [5.74, 6) is 1.46. The minimum atomic E-state index is 0.489. The lowest BCUT2D eigenvalue weighted by Crippen LogP contribution is -2.10. The van der Waals surface area contributed by atoms with Gasteiger partial charge in [-0.25, -0.2) is 9.67 Å². The molecule has 6 heteroatoms. The fraction of sp³-hybridized carbons (Fsp3) is 0.308. The molecule has 0 spiro atoms. The maximum Gasteiger partial charge on any atom is 0.146 e. The number of para-hydroxylation sites is 1. The third-order valence-electron chi connectivity index (χ3n) is 2.79. The van der Waals surface area contributed by atoms with Crippen molar-refractivity contribution in [2.45, 2.75) is 20.0 Å². The smallest absolute Gasteiger partial charge is 0.146 e. The first-order valence-corrected chi connectivity index (χ1v) is 5.97. The third kappa shape index (κ3) is 2.65. The average molecular weight is 257 g/mol. The summed E-state index contributed by atoms with van der Waals surface area (Å²) < 4.78 is 7.06. The Balaban J connectivity index is 2.22. The van der Waals surface area contributed by atoms with Crippen LogP contribution in [0.1, 0.15) is 18.3 Å². The Morgan fingerprint density at radius 3 is 3.00 bits per heavy atom. The third-order valence-corrected chi connectivity index (χ3v) is 2.79. The molecule has 0 radical (unpaired) electrons. The van der Waals surface area contributed by atoms with Crippen molar-refractivity contribution in [1.29, 1.82) is 5.26 Å². The molecule has 0 aliphatic heterocycles. The Kier molecular flexibility index (Phi) is 3.98. The normalized spacial score (nSPS) is 9.95. The molecule has 0 amide bonds. The highest BCUT2D eigenvalue weighted by atomic mass is 16.5. The van der Waals surface area contributed by atoms with E-state index in [4.69, 9.17) is 10.00 Å². The largest absolute Gasteiger partial charge is 0.495 e. The molecule has 0 fully saturated rings. The molecule has 1 aromatic heterocycles. The van der Waals surface area contributed by atoms with E-state index in [1.54, 1.807) is 23.9 Å². The molecule has 98 valence electrons. The molecular formula is C13H15N5O. The van der Waals surface area contributed by atoms with E-state index in [-0.39, 0.29) is 0 Å². The number of nitrogens with zero attached hydrogens (tertiary/aromatic N) is 4. The van der Waals surface area contributed by atoms with Gasteiger partial charge in [-0.2, -0.15) is 10.4 Å². The maximum atomic E-state index is 9.12. The first-order chi connectivity index (χ1) is 9.30. The Morgan fingerprint density at radius 1 is 1.47 bits per heavy atom. The van der Waals surface area contributed by atoms with Crippen LogP contribution in [-0.2, 0) is 13.1 Å². The zero-order valence-electron chi connectivity index (χ0n) is 10.9. The van der Waals surface area contributed by atoms with E-state index >= 15 is 0 Å². The van der Waals surface area contributed by atoms with Gasteiger partial charge in [0.2, 0.25) is 0 Å². The van der Waals surface area contributed by atoms with Crippen molar-refractivity contribution in [2.75, 3.05) is 12.4 Å². The van der Waals surface area contributed by atoms with Gasteiger partial charge in [-0.05, 0) is 19.1 Å². The Bertz CT molecular complexity index is 599. The number of nitriles is 1. The van der Waals surface area contributed by atoms with Crippen molar-refractivity contribution in [2.24, 2.45) is 0 Å². The molecule has 0 saturated heterocycles. The van der Waals surface area contributed by atoms with Crippen molar-refractivity contribution >= 4 is 5.69 Å². The average Bonchev–Trinajstić information content (AvgIpc) is 2.91. The molecule has 0 aliphatic carbocycles. The van der Waals surface area contributed by atoms with Crippen LogP contribution in [0.2, 0.25) is 0 Å². The molecule has 0 bridgehead atoms. The van der Waals surface area contributed by atoms with Gasteiger partial charge in [-0.15, -0.1) is 0 Å². The van der Waals surface area contributed by atoms with Crippen LogP contribution in [0, 0.1) is 11.3 Å². The molecule has 2 aromatic rings. The van der Waals surface area contributed by atoms with Crippen LogP contribution < -0.4 is 10.1 Å². The molecular weight excluding hydrogens is 242 g/mol. The molecule has 1 heterocycles. The van der Waals surface area contributed by atoms with Gasteiger partial charge in [-0.1, -0.05) is 6.07 Å². The summed E-state index contributed by atoms with van der Waals surface area (Å²) in [6, 6.07) is 7.49. The predicted molar refractivity (Wildman–Crippen MR) is 70.7 cm³/mol. The Labute approximate surface area is 111 Å². The van der Waals surface area contributed by atoms with E-state index in [1.165, 1.54) is 6.33 Å². The molecule has 19 heavy (non-hydrogen) atoms. The number of methoxy groups -OCH3 is 1. The van der Waals surface area contributed by atoms with Crippen molar-refractivity contribution in [3.8, 4) is 11.8 Å². The van der Waals surface area contributed by atoms with E-state index in [9.17, 15) is 0 Å². The second kappa shape index (κ2) is 5.87. The second-order valence-electron chi connectivity index (χ2n) is 3.84. The molecule has 1 aromatic carbocycles. The summed E-state index contributed by atoms with van der Waals surface area (Å²) in [6.45, 7) is 3.25. The van der Waals surface area contributed by atoms with Gasteiger partial charge in [0.15, 0.2) is 0 Å². The summed E-state index contributed by atoms with van der Waals surface area (Å²) in [5.41, 5.74) is 1.22. The highest BCUT2D eigenvalue weighted by Gasteiger charge is 2.10. The standard InChI is InChI=1S/C13H15N5O/c1-3-18-12(16-9-17-18)8-15-13-10(7-14)5-4-6-11(13)19-2/h4-6,9,15H,3,8H2,1-2H3. The molecule has 0 unspecified atom stereocenters. The fourth-order valence-electron chi connectivity index (χ4n) is 1.83. The van der Waals surface area contributed by atoms with Crippen LogP contribution in [0.25, 0.3) is 0 Å². The van der Waals surface area contributed by atoms with Crippen LogP contribution in [0.15, 0.2) is 24.5 Å². The van der Waals surface area contributed by atoms with E-state index in [0.29, 0.717) is 23.5 Å². The summed E-state index contributed by atoms with van der Waals surface area (Å²) >= 11 is 0. The Hall–Kier alpha value is -2.55. The van der Waals surface area contributed by atoms with Crippen LogP contribution in [-0.4, -0.2) is 21.9 Å². The van der Waals surface area contributed by atoms with E-state index < -0.39 is 0 Å². The monoisotopic (exact) mass is 257 g/mol.